The smallest absolute Gasteiger partial charge is 0.0461 e. The molecule has 1 nitrogen and oxygen atoms in total. The number of benzene rings is 4. The zero-order valence-corrected chi connectivity index (χ0v) is 16.3. The van der Waals surface area contributed by atoms with Gasteiger partial charge in [-0.2, -0.15) is 0 Å². The predicted octanol–water partition coefficient (Wildman–Crippen LogP) is 7.25. The molecule has 28 heavy (non-hydrogen) atoms. The topological polar surface area (TPSA) is 3.24 Å². The fraction of sp³-hybridized carbons (Fsp3) is 0.111. The molecule has 0 saturated carbocycles. The lowest BCUT2D eigenvalue weighted by Crippen LogP contribution is -2.09. The standard InChI is InChI=1S/C27H25N/c1-22-10-8-9-11-24(22)19-16-23-17-20-27(21-18-23)28(25-12-4-2-5-13-25)26-14-6-3-7-15-26/h2-15,17-18,20-21H,16,19H2,1H3. The highest BCUT2D eigenvalue weighted by Crippen LogP contribution is 2.34. The van der Waals surface area contributed by atoms with E-state index < -0.39 is 0 Å². The summed E-state index contributed by atoms with van der Waals surface area (Å²) < 4.78 is 0. The maximum atomic E-state index is 2.30. The third kappa shape index (κ3) is 4.15. The fourth-order valence-corrected chi connectivity index (χ4v) is 3.58. The average Bonchev–Trinajstić information content (AvgIpc) is 2.76. The lowest BCUT2D eigenvalue weighted by atomic mass is 10.0. The molecule has 0 N–H and O–H groups in total. The molecular weight excluding hydrogens is 338 g/mol. The Morgan fingerprint density at radius 2 is 1.00 bits per heavy atom. The predicted molar refractivity (Wildman–Crippen MR) is 120 cm³/mol. The normalized spacial score (nSPS) is 10.6. The molecule has 0 heterocycles. The molecule has 0 saturated heterocycles. The highest BCUT2D eigenvalue weighted by atomic mass is 15.1. The van der Waals surface area contributed by atoms with E-state index in [-0.39, 0.29) is 0 Å². The van der Waals surface area contributed by atoms with Gasteiger partial charge < -0.3 is 4.90 Å². The van der Waals surface area contributed by atoms with E-state index >= 15 is 0 Å². The summed E-state index contributed by atoms with van der Waals surface area (Å²) in [5, 5.41) is 0. The lowest BCUT2D eigenvalue weighted by Gasteiger charge is -2.25. The maximum absolute atomic E-state index is 2.30. The van der Waals surface area contributed by atoms with Crippen LogP contribution >= 0.6 is 0 Å². The highest BCUT2D eigenvalue weighted by Gasteiger charge is 2.11. The van der Waals surface area contributed by atoms with Crippen LogP contribution in [0.25, 0.3) is 0 Å². The second kappa shape index (κ2) is 8.58. The Balaban J connectivity index is 1.57. The Hall–Kier alpha value is -3.32. The molecule has 0 bridgehead atoms. The number of rotatable bonds is 6. The molecule has 0 spiro atoms. The Bertz CT molecular complexity index is 965. The van der Waals surface area contributed by atoms with Crippen LogP contribution in [0, 0.1) is 6.92 Å². The summed E-state index contributed by atoms with van der Waals surface area (Å²) in [6.07, 6.45) is 2.13. The zero-order valence-electron chi connectivity index (χ0n) is 16.3. The van der Waals surface area contributed by atoms with Crippen LogP contribution in [0.15, 0.2) is 109 Å². The van der Waals surface area contributed by atoms with Gasteiger partial charge >= 0.3 is 0 Å². The molecule has 0 atom stereocenters. The molecule has 0 aliphatic carbocycles. The summed E-state index contributed by atoms with van der Waals surface area (Å²) in [5.74, 6) is 0. The van der Waals surface area contributed by atoms with Crippen molar-refractivity contribution >= 4 is 17.1 Å². The molecule has 0 amide bonds. The molecule has 138 valence electrons. The quantitative estimate of drug-likeness (QED) is 0.349. The van der Waals surface area contributed by atoms with Crippen LogP contribution < -0.4 is 4.90 Å². The number of hydrogen-bond donors (Lipinski definition) is 0. The molecule has 0 fully saturated rings. The highest BCUT2D eigenvalue weighted by molar-refractivity contribution is 5.76. The lowest BCUT2D eigenvalue weighted by molar-refractivity contribution is 0.949. The van der Waals surface area contributed by atoms with E-state index in [1.807, 2.05) is 0 Å². The zero-order chi connectivity index (χ0) is 19.2. The number of nitrogens with zero attached hydrogens (tertiary/aromatic N) is 1. The summed E-state index contributed by atoms with van der Waals surface area (Å²) in [6, 6.07) is 38.7. The van der Waals surface area contributed by atoms with Gasteiger partial charge in [-0.15, -0.1) is 0 Å². The number of anilines is 3. The van der Waals surface area contributed by atoms with Crippen LogP contribution in [0.5, 0.6) is 0 Å². The number of para-hydroxylation sites is 2. The molecule has 4 rings (SSSR count). The van der Waals surface area contributed by atoms with E-state index in [0.717, 1.165) is 12.8 Å². The maximum Gasteiger partial charge on any atom is 0.0461 e. The Morgan fingerprint density at radius 1 is 0.500 bits per heavy atom. The summed E-state index contributed by atoms with van der Waals surface area (Å²) in [6.45, 7) is 2.19. The first-order valence-electron chi connectivity index (χ1n) is 9.85. The van der Waals surface area contributed by atoms with Crippen LogP contribution in [-0.2, 0) is 12.8 Å². The van der Waals surface area contributed by atoms with E-state index in [2.05, 4.69) is 121 Å². The Morgan fingerprint density at radius 3 is 1.57 bits per heavy atom. The van der Waals surface area contributed by atoms with E-state index in [1.165, 1.54) is 33.8 Å². The molecular formula is C27H25N. The van der Waals surface area contributed by atoms with Crippen molar-refractivity contribution in [2.45, 2.75) is 19.8 Å². The van der Waals surface area contributed by atoms with Crippen molar-refractivity contribution in [3.63, 3.8) is 0 Å². The molecule has 1 heteroatoms. The van der Waals surface area contributed by atoms with E-state index in [0.29, 0.717) is 0 Å². The van der Waals surface area contributed by atoms with Crippen molar-refractivity contribution < 1.29 is 0 Å². The minimum Gasteiger partial charge on any atom is -0.311 e. The van der Waals surface area contributed by atoms with Gasteiger partial charge in [0.2, 0.25) is 0 Å². The van der Waals surface area contributed by atoms with Crippen molar-refractivity contribution in [2.24, 2.45) is 0 Å². The molecule has 4 aromatic rings. The van der Waals surface area contributed by atoms with Crippen LogP contribution in [0.2, 0.25) is 0 Å². The molecule has 0 aromatic heterocycles. The second-order valence-electron chi connectivity index (χ2n) is 7.10. The van der Waals surface area contributed by atoms with Gasteiger partial charge in [-0.25, -0.2) is 0 Å². The summed E-state index contributed by atoms with van der Waals surface area (Å²) in [4.78, 5) is 2.30. The van der Waals surface area contributed by atoms with Crippen LogP contribution in [-0.4, -0.2) is 0 Å². The molecule has 0 radical (unpaired) electrons. The van der Waals surface area contributed by atoms with E-state index in [1.54, 1.807) is 0 Å². The molecule has 0 unspecified atom stereocenters. The Labute approximate surface area is 167 Å². The molecule has 4 aromatic carbocycles. The van der Waals surface area contributed by atoms with Gasteiger partial charge in [-0.1, -0.05) is 72.8 Å². The monoisotopic (exact) mass is 363 g/mol. The van der Waals surface area contributed by atoms with Gasteiger partial charge in [0.1, 0.15) is 0 Å². The van der Waals surface area contributed by atoms with Gasteiger partial charge in [0.15, 0.2) is 0 Å². The number of aryl methyl sites for hydroxylation is 3. The van der Waals surface area contributed by atoms with E-state index in [9.17, 15) is 0 Å². The summed E-state index contributed by atoms with van der Waals surface area (Å²) in [7, 11) is 0. The fourth-order valence-electron chi connectivity index (χ4n) is 3.58. The van der Waals surface area contributed by atoms with Crippen LogP contribution in [0.3, 0.4) is 0 Å². The van der Waals surface area contributed by atoms with E-state index in [4.69, 9.17) is 0 Å². The van der Waals surface area contributed by atoms with Crippen LogP contribution in [0.1, 0.15) is 16.7 Å². The van der Waals surface area contributed by atoms with Gasteiger partial charge in [-0.05, 0) is 72.9 Å². The van der Waals surface area contributed by atoms with Gasteiger partial charge in [0, 0.05) is 17.1 Å². The third-order valence-electron chi connectivity index (χ3n) is 5.17. The Kier molecular flexibility index (Phi) is 5.53. The molecule has 0 aliphatic heterocycles. The van der Waals surface area contributed by atoms with Gasteiger partial charge in [-0.3, -0.25) is 0 Å². The first-order chi connectivity index (χ1) is 13.8. The van der Waals surface area contributed by atoms with Crippen molar-refractivity contribution in [3.8, 4) is 0 Å². The summed E-state index contributed by atoms with van der Waals surface area (Å²) in [5.41, 5.74) is 7.69. The minimum absolute atomic E-state index is 1.06. The first kappa shape index (κ1) is 18.1. The van der Waals surface area contributed by atoms with Crippen molar-refractivity contribution in [1.82, 2.24) is 0 Å². The second-order valence-corrected chi connectivity index (χ2v) is 7.10. The van der Waals surface area contributed by atoms with Gasteiger partial charge in [0.05, 0.1) is 0 Å². The first-order valence-corrected chi connectivity index (χ1v) is 9.85. The van der Waals surface area contributed by atoms with Crippen molar-refractivity contribution in [3.05, 3.63) is 126 Å². The molecule has 0 aliphatic rings. The number of hydrogen-bond acceptors (Lipinski definition) is 1. The largest absolute Gasteiger partial charge is 0.311 e. The minimum atomic E-state index is 1.06. The van der Waals surface area contributed by atoms with Gasteiger partial charge in [0.25, 0.3) is 0 Å². The van der Waals surface area contributed by atoms with Crippen molar-refractivity contribution in [2.75, 3.05) is 4.90 Å². The van der Waals surface area contributed by atoms with Crippen molar-refractivity contribution in [1.29, 1.82) is 0 Å². The van der Waals surface area contributed by atoms with Crippen LogP contribution in [0.4, 0.5) is 17.1 Å². The third-order valence-corrected chi connectivity index (χ3v) is 5.17. The SMILES string of the molecule is Cc1ccccc1CCc1ccc(N(c2ccccc2)c2ccccc2)cc1. The summed E-state index contributed by atoms with van der Waals surface area (Å²) >= 11 is 0. The average molecular weight is 364 g/mol.